The van der Waals surface area contributed by atoms with Crippen LogP contribution in [0.2, 0.25) is 0 Å². The minimum absolute atomic E-state index is 0.137. The molecule has 0 bridgehead atoms. The van der Waals surface area contributed by atoms with Crippen molar-refractivity contribution in [1.29, 1.82) is 0 Å². The fourth-order valence-electron chi connectivity index (χ4n) is 3.80. The van der Waals surface area contributed by atoms with Crippen molar-refractivity contribution in [3.8, 4) is 0 Å². The standard InChI is InChI=1S/C19H39N5O/c1-6-20-18(24-11-9-23(10-12-24)15-17(2)3)21-16-19(22(4)5)7-13-25-14-8-19/h17H,6-16H2,1-5H3,(H,20,21). The van der Waals surface area contributed by atoms with Crippen LogP contribution in [0.4, 0.5) is 0 Å². The fraction of sp³-hybridized carbons (Fsp3) is 0.947. The number of piperazine rings is 1. The minimum atomic E-state index is 0.137. The zero-order chi connectivity index (χ0) is 18.3. The molecule has 6 heteroatoms. The lowest BCUT2D eigenvalue weighted by Gasteiger charge is -2.42. The van der Waals surface area contributed by atoms with E-state index < -0.39 is 0 Å². The zero-order valence-electron chi connectivity index (χ0n) is 17.1. The van der Waals surface area contributed by atoms with Gasteiger partial charge >= 0.3 is 0 Å². The van der Waals surface area contributed by atoms with Crippen LogP contribution in [-0.2, 0) is 4.74 Å². The first-order valence-corrected chi connectivity index (χ1v) is 9.97. The average molecular weight is 354 g/mol. The SMILES string of the molecule is CCNC(=NCC1(N(C)C)CCOCC1)N1CCN(CC(C)C)CC1. The molecule has 25 heavy (non-hydrogen) atoms. The predicted molar refractivity (Wildman–Crippen MR) is 105 cm³/mol. The Morgan fingerprint density at radius 2 is 1.80 bits per heavy atom. The van der Waals surface area contributed by atoms with Crippen LogP contribution in [0.15, 0.2) is 4.99 Å². The maximum Gasteiger partial charge on any atom is 0.194 e. The molecule has 0 radical (unpaired) electrons. The lowest BCUT2D eigenvalue weighted by molar-refractivity contribution is -0.00268. The average Bonchev–Trinajstić information content (AvgIpc) is 2.59. The van der Waals surface area contributed by atoms with Crippen molar-refractivity contribution >= 4 is 5.96 Å². The van der Waals surface area contributed by atoms with Crippen molar-refractivity contribution in [3.05, 3.63) is 0 Å². The van der Waals surface area contributed by atoms with Gasteiger partial charge in [0, 0.05) is 58.0 Å². The number of hydrogen-bond acceptors (Lipinski definition) is 4. The molecule has 1 N–H and O–H groups in total. The molecule has 0 amide bonds. The topological polar surface area (TPSA) is 43.3 Å². The maximum atomic E-state index is 5.58. The number of rotatable bonds is 6. The Bertz CT molecular complexity index is 410. The van der Waals surface area contributed by atoms with Gasteiger partial charge in [0.15, 0.2) is 5.96 Å². The summed E-state index contributed by atoms with van der Waals surface area (Å²) in [6.07, 6.45) is 2.12. The highest BCUT2D eigenvalue weighted by Gasteiger charge is 2.35. The van der Waals surface area contributed by atoms with Crippen LogP contribution < -0.4 is 5.32 Å². The minimum Gasteiger partial charge on any atom is -0.381 e. The van der Waals surface area contributed by atoms with Gasteiger partial charge in [-0.2, -0.15) is 0 Å². The third-order valence-electron chi connectivity index (χ3n) is 5.53. The summed E-state index contributed by atoms with van der Waals surface area (Å²) < 4.78 is 5.58. The second-order valence-electron chi connectivity index (χ2n) is 8.08. The second-order valence-corrected chi connectivity index (χ2v) is 8.08. The fourth-order valence-corrected chi connectivity index (χ4v) is 3.80. The van der Waals surface area contributed by atoms with E-state index in [0.29, 0.717) is 0 Å². The van der Waals surface area contributed by atoms with E-state index in [1.807, 2.05) is 0 Å². The lowest BCUT2D eigenvalue weighted by atomic mass is 9.89. The Labute approximate surface area is 154 Å². The van der Waals surface area contributed by atoms with Crippen molar-refractivity contribution in [2.24, 2.45) is 10.9 Å². The molecule has 0 atom stereocenters. The largest absolute Gasteiger partial charge is 0.381 e. The Morgan fingerprint density at radius 3 is 2.32 bits per heavy atom. The quantitative estimate of drug-likeness (QED) is 0.577. The van der Waals surface area contributed by atoms with Gasteiger partial charge in [0.2, 0.25) is 0 Å². The molecule has 2 fully saturated rings. The van der Waals surface area contributed by atoms with Gasteiger partial charge in [-0.25, -0.2) is 0 Å². The Morgan fingerprint density at radius 1 is 1.16 bits per heavy atom. The summed E-state index contributed by atoms with van der Waals surface area (Å²) in [5.41, 5.74) is 0.137. The Hall–Kier alpha value is -0.850. The van der Waals surface area contributed by atoms with E-state index in [-0.39, 0.29) is 5.54 Å². The zero-order valence-corrected chi connectivity index (χ0v) is 17.1. The molecule has 2 rings (SSSR count). The monoisotopic (exact) mass is 353 g/mol. The third-order valence-corrected chi connectivity index (χ3v) is 5.53. The smallest absolute Gasteiger partial charge is 0.194 e. The number of nitrogens with one attached hydrogen (secondary N) is 1. The van der Waals surface area contributed by atoms with E-state index in [1.54, 1.807) is 0 Å². The van der Waals surface area contributed by atoms with Crippen LogP contribution in [0.3, 0.4) is 0 Å². The number of ether oxygens (including phenoxy) is 1. The molecular weight excluding hydrogens is 314 g/mol. The third kappa shape index (κ3) is 5.83. The molecule has 2 heterocycles. The first kappa shape index (κ1) is 20.5. The highest BCUT2D eigenvalue weighted by atomic mass is 16.5. The number of nitrogens with zero attached hydrogens (tertiary/aromatic N) is 4. The molecule has 0 aromatic rings. The van der Waals surface area contributed by atoms with Crippen LogP contribution in [0.5, 0.6) is 0 Å². The number of hydrogen-bond donors (Lipinski definition) is 1. The van der Waals surface area contributed by atoms with Gasteiger partial charge in [-0.15, -0.1) is 0 Å². The van der Waals surface area contributed by atoms with Crippen molar-refractivity contribution in [2.45, 2.75) is 39.2 Å². The van der Waals surface area contributed by atoms with E-state index in [0.717, 1.165) is 77.2 Å². The van der Waals surface area contributed by atoms with Crippen LogP contribution >= 0.6 is 0 Å². The van der Waals surface area contributed by atoms with Gasteiger partial charge in [-0.3, -0.25) is 9.89 Å². The Balaban J connectivity index is 1.98. The highest BCUT2D eigenvalue weighted by molar-refractivity contribution is 5.80. The van der Waals surface area contributed by atoms with Crippen molar-refractivity contribution < 1.29 is 4.74 Å². The van der Waals surface area contributed by atoms with E-state index in [9.17, 15) is 0 Å². The van der Waals surface area contributed by atoms with Gasteiger partial charge in [0.05, 0.1) is 6.54 Å². The predicted octanol–water partition coefficient (Wildman–Crippen LogP) is 1.34. The van der Waals surface area contributed by atoms with Crippen LogP contribution in [0, 0.1) is 5.92 Å². The van der Waals surface area contributed by atoms with Gasteiger partial charge in [0.25, 0.3) is 0 Å². The molecule has 146 valence electrons. The summed E-state index contributed by atoms with van der Waals surface area (Å²) >= 11 is 0. The number of aliphatic imine (C=N–C) groups is 1. The van der Waals surface area contributed by atoms with E-state index in [2.05, 4.69) is 54.9 Å². The molecule has 6 nitrogen and oxygen atoms in total. The molecular formula is C19H39N5O. The van der Waals surface area contributed by atoms with E-state index in [4.69, 9.17) is 9.73 Å². The molecule has 2 saturated heterocycles. The van der Waals surface area contributed by atoms with E-state index in [1.165, 1.54) is 6.54 Å². The summed E-state index contributed by atoms with van der Waals surface area (Å²) in [6.45, 7) is 15.8. The molecule has 0 spiro atoms. The van der Waals surface area contributed by atoms with Crippen LogP contribution in [0.1, 0.15) is 33.6 Å². The molecule has 0 aromatic carbocycles. The van der Waals surface area contributed by atoms with Crippen LogP contribution in [-0.4, -0.2) is 99.3 Å². The lowest BCUT2D eigenvalue weighted by Crippen LogP contribution is -2.54. The van der Waals surface area contributed by atoms with Crippen LogP contribution in [0.25, 0.3) is 0 Å². The molecule has 0 saturated carbocycles. The summed E-state index contributed by atoms with van der Waals surface area (Å²) in [5, 5.41) is 3.51. The van der Waals surface area contributed by atoms with Gasteiger partial charge in [-0.1, -0.05) is 13.8 Å². The van der Waals surface area contributed by atoms with E-state index >= 15 is 0 Å². The normalized spacial score (nSPS) is 22.7. The summed E-state index contributed by atoms with van der Waals surface area (Å²) in [5.74, 6) is 1.82. The second kappa shape index (κ2) is 9.74. The summed E-state index contributed by atoms with van der Waals surface area (Å²) in [7, 11) is 4.36. The summed E-state index contributed by atoms with van der Waals surface area (Å²) in [6, 6.07) is 0. The molecule has 0 aromatic heterocycles. The molecule has 2 aliphatic heterocycles. The first-order chi connectivity index (χ1) is 12.0. The highest BCUT2D eigenvalue weighted by Crippen LogP contribution is 2.26. The van der Waals surface area contributed by atoms with Gasteiger partial charge in [0.1, 0.15) is 0 Å². The molecule has 0 unspecified atom stereocenters. The van der Waals surface area contributed by atoms with Gasteiger partial charge in [-0.05, 0) is 39.8 Å². The van der Waals surface area contributed by atoms with Gasteiger partial charge < -0.3 is 19.9 Å². The van der Waals surface area contributed by atoms with Crippen molar-refractivity contribution in [1.82, 2.24) is 20.0 Å². The number of guanidine groups is 1. The Kier molecular flexibility index (Phi) is 7.97. The first-order valence-electron chi connectivity index (χ1n) is 9.97. The molecule has 2 aliphatic rings. The maximum absolute atomic E-state index is 5.58. The molecule has 0 aliphatic carbocycles. The van der Waals surface area contributed by atoms with Crippen molar-refractivity contribution in [2.75, 3.05) is 73.1 Å². The summed E-state index contributed by atoms with van der Waals surface area (Å²) in [4.78, 5) is 12.4. The number of likely N-dealkylation sites (N-methyl/N-ethyl adjacent to an activating group) is 1. The van der Waals surface area contributed by atoms with Crippen molar-refractivity contribution in [3.63, 3.8) is 0 Å².